The molecule has 15 heavy (non-hydrogen) atoms. The monoisotopic (exact) mass is 204 g/mol. The molecule has 2 fully saturated rings. The SMILES string of the molecule is O=C(O)[C@@]1(c2ccccc2)CC12CC2O. The minimum absolute atomic E-state index is 0.347. The van der Waals surface area contributed by atoms with Crippen LogP contribution in [0.4, 0.5) is 0 Å². The lowest BCUT2D eigenvalue weighted by Gasteiger charge is -2.11. The second kappa shape index (κ2) is 2.42. The lowest BCUT2D eigenvalue weighted by atomic mass is 9.92. The molecule has 0 aliphatic heterocycles. The average molecular weight is 204 g/mol. The van der Waals surface area contributed by atoms with E-state index >= 15 is 0 Å². The van der Waals surface area contributed by atoms with Gasteiger partial charge in [-0.2, -0.15) is 0 Å². The molecule has 2 unspecified atom stereocenters. The highest BCUT2D eigenvalue weighted by Crippen LogP contribution is 2.78. The Bertz CT molecular complexity index is 428. The van der Waals surface area contributed by atoms with E-state index in [1.54, 1.807) is 0 Å². The number of carboxylic acid groups (broad SMARTS) is 1. The molecule has 3 heteroatoms. The lowest BCUT2D eigenvalue weighted by Crippen LogP contribution is -2.24. The number of carbonyl (C=O) groups is 1. The standard InChI is InChI=1S/C12H12O3/c13-9-6-11(9)7-12(11,10(14)15)8-4-2-1-3-5-8/h1-5,9,13H,6-7H2,(H,14,15)/t9?,11?,12-/m0/s1. The number of benzene rings is 1. The Balaban J connectivity index is 2.06. The van der Waals surface area contributed by atoms with Crippen LogP contribution < -0.4 is 0 Å². The molecule has 3 nitrogen and oxygen atoms in total. The van der Waals surface area contributed by atoms with Gasteiger partial charge in [-0.15, -0.1) is 0 Å². The van der Waals surface area contributed by atoms with Gasteiger partial charge >= 0.3 is 5.97 Å². The van der Waals surface area contributed by atoms with Crippen LogP contribution in [0, 0.1) is 5.41 Å². The fraction of sp³-hybridized carbons (Fsp3) is 0.417. The largest absolute Gasteiger partial charge is 0.481 e. The van der Waals surface area contributed by atoms with Crippen LogP contribution in [0.15, 0.2) is 30.3 Å². The zero-order chi connectivity index (χ0) is 10.7. The van der Waals surface area contributed by atoms with Gasteiger partial charge in [0, 0.05) is 5.41 Å². The molecule has 0 amide bonds. The summed E-state index contributed by atoms with van der Waals surface area (Å²) < 4.78 is 0. The molecule has 2 aliphatic carbocycles. The summed E-state index contributed by atoms with van der Waals surface area (Å²) >= 11 is 0. The van der Waals surface area contributed by atoms with Crippen LogP contribution in [-0.2, 0) is 10.2 Å². The Morgan fingerprint density at radius 2 is 1.93 bits per heavy atom. The maximum atomic E-state index is 11.4. The van der Waals surface area contributed by atoms with Gasteiger partial charge in [-0.3, -0.25) is 4.79 Å². The molecule has 2 saturated carbocycles. The van der Waals surface area contributed by atoms with Crippen molar-refractivity contribution in [1.82, 2.24) is 0 Å². The molecule has 78 valence electrons. The van der Waals surface area contributed by atoms with Gasteiger partial charge in [-0.05, 0) is 18.4 Å². The fourth-order valence-corrected chi connectivity index (χ4v) is 2.89. The first kappa shape index (κ1) is 8.92. The highest BCUT2D eigenvalue weighted by molar-refractivity contribution is 5.89. The summed E-state index contributed by atoms with van der Waals surface area (Å²) in [6, 6.07) is 9.25. The zero-order valence-corrected chi connectivity index (χ0v) is 8.18. The predicted molar refractivity (Wildman–Crippen MR) is 53.4 cm³/mol. The Morgan fingerprint density at radius 1 is 1.33 bits per heavy atom. The minimum Gasteiger partial charge on any atom is -0.481 e. The fourth-order valence-electron chi connectivity index (χ4n) is 2.89. The maximum Gasteiger partial charge on any atom is 0.314 e. The summed E-state index contributed by atoms with van der Waals surface area (Å²) in [6.45, 7) is 0. The topological polar surface area (TPSA) is 57.5 Å². The highest BCUT2D eigenvalue weighted by Gasteiger charge is 2.84. The quantitative estimate of drug-likeness (QED) is 0.760. The van der Waals surface area contributed by atoms with Crippen molar-refractivity contribution in [3.8, 4) is 0 Å². The van der Waals surface area contributed by atoms with Gasteiger partial charge in [0.05, 0.1) is 6.10 Å². The number of hydrogen-bond acceptors (Lipinski definition) is 2. The molecule has 0 heterocycles. The molecule has 3 atom stereocenters. The molecule has 0 saturated heterocycles. The van der Waals surface area contributed by atoms with E-state index in [1.165, 1.54) is 0 Å². The molecule has 2 aliphatic rings. The minimum atomic E-state index is -0.812. The maximum absolute atomic E-state index is 11.4. The van der Waals surface area contributed by atoms with Gasteiger partial charge in [-0.25, -0.2) is 0 Å². The molecule has 0 radical (unpaired) electrons. The van der Waals surface area contributed by atoms with E-state index in [0.717, 1.165) is 5.56 Å². The van der Waals surface area contributed by atoms with Crippen molar-refractivity contribution in [2.75, 3.05) is 0 Å². The van der Waals surface area contributed by atoms with Crippen molar-refractivity contribution in [1.29, 1.82) is 0 Å². The Kier molecular flexibility index (Phi) is 1.44. The normalized spacial score (nSPS) is 41.5. The number of carboxylic acids is 1. The molecule has 3 rings (SSSR count). The van der Waals surface area contributed by atoms with Crippen LogP contribution in [0.2, 0.25) is 0 Å². The predicted octanol–water partition coefficient (Wildman–Crippen LogP) is 1.16. The number of rotatable bonds is 2. The molecule has 0 bridgehead atoms. The molecule has 2 N–H and O–H groups in total. The summed E-state index contributed by atoms with van der Waals surface area (Å²) in [5, 5.41) is 18.9. The van der Waals surface area contributed by atoms with Crippen molar-refractivity contribution in [2.24, 2.45) is 5.41 Å². The number of aliphatic hydroxyl groups is 1. The van der Waals surface area contributed by atoms with Crippen molar-refractivity contribution in [3.05, 3.63) is 35.9 Å². The van der Waals surface area contributed by atoms with Gasteiger partial charge in [0.15, 0.2) is 0 Å². The Labute approximate surface area is 87.4 Å². The van der Waals surface area contributed by atoms with Gasteiger partial charge in [-0.1, -0.05) is 30.3 Å². The van der Waals surface area contributed by atoms with E-state index in [1.807, 2.05) is 30.3 Å². The lowest BCUT2D eigenvalue weighted by molar-refractivity contribution is -0.140. The van der Waals surface area contributed by atoms with Crippen LogP contribution in [0.25, 0.3) is 0 Å². The zero-order valence-electron chi connectivity index (χ0n) is 8.18. The highest BCUT2D eigenvalue weighted by atomic mass is 16.4. The van der Waals surface area contributed by atoms with Crippen molar-refractivity contribution < 1.29 is 15.0 Å². The van der Waals surface area contributed by atoms with E-state index in [9.17, 15) is 15.0 Å². The van der Waals surface area contributed by atoms with E-state index < -0.39 is 17.5 Å². The summed E-state index contributed by atoms with van der Waals surface area (Å²) in [5.74, 6) is -0.801. The van der Waals surface area contributed by atoms with Gasteiger partial charge < -0.3 is 10.2 Å². The molecule has 1 spiro atoms. The molecule has 1 aromatic rings. The van der Waals surface area contributed by atoms with Crippen LogP contribution in [0.5, 0.6) is 0 Å². The molecular weight excluding hydrogens is 192 g/mol. The van der Waals surface area contributed by atoms with E-state index in [4.69, 9.17) is 0 Å². The van der Waals surface area contributed by atoms with Crippen LogP contribution in [0.3, 0.4) is 0 Å². The smallest absolute Gasteiger partial charge is 0.314 e. The van der Waals surface area contributed by atoms with Crippen molar-refractivity contribution in [3.63, 3.8) is 0 Å². The van der Waals surface area contributed by atoms with E-state index in [-0.39, 0.29) is 5.41 Å². The Morgan fingerprint density at radius 3 is 2.33 bits per heavy atom. The first-order valence-electron chi connectivity index (χ1n) is 5.10. The van der Waals surface area contributed by atoms with Gasteiger partial charge in [0.25, 0.3) is 0 Å². The van der Waals surface area contributed by atoms with Crippen LogP contribution >= 0.6 is 0 Å². The summed E-state index contributed by atoms with van der Waals surface area (Å²) in [6.07, 6.45) is 0.795. The molecule has 1 aromatic carbocycles. The number of aliphatic carboxylic acids is 1. The van der Waals surface area contributed by atoms with Gasteiger partial charge in [0.2, 0.25) is 0 Å². The van der Waals surface area contributed by atoms with Crippen molar-refractivity contribution in [2.45, 2.75) is 24.4 Å². The third-order valence-corrected chi connectivity index (χ3v) is 3.97. The average Bonchev–Trinajstić information content (AvgIpc) is 3.08. The van der Waals surface area contributed by atoms with Crippen LogP contribution in [0.1, 0.15) is 18.4 Å². The second-order valence-electron chi connectivity index (χ2n) is 4.63. The number of aliphatic hydroxyl groups excluding tert-OH is 1. The summed E-state index contributed by atoms with van der Waals surface area (Å²) in [7, 11) is 0. The number of hydrogen-bond donors (Lipinski definition) is 2. The van der Waals surface area contributed by atoms with E-state index in [2.05, 4.69) is 0 Å². The molecule has 0 aromatic heterocycles. The summed E-state index contributed by atoms with van der Waals surface area (Å²) in [5.41, 5.74) is -0.331. The van der Waals surface area contributed by atoms with E-state index in [0.29, 0.717) is 12.8 Å². The third-order valence-electron chi connectivity index (χ3n) is 3.97. The third kappa shape index (κ3) is 0.868. The second-order valence-corrected chi connectivity index (χ2v) is 4.63. The van der Waals surface area contributed by atoms with Crippen LogP contribution in [-0.4, -0.2) is 22.3 Å². The van der Waals surface area contributed by atoms with Gasteiger partial charge in [0.1, 0.15) is 5.41 Å². The molecular formula is C12H12O3. The first-order chi connectivity index (χ1) is 7.13. The van der Waals surface area contributed by atoms with Crippen molar-refractivity contribution >= 4 is 5.97 Å². The first-order valence-corrected chi connectivity index (χ1v) is 5.10. The Hall–Kier alpha value is -1.35. The summed E-state index contributed by atoms with van der Waals surface area (Å²) in [4.78, 5) is 11.4.